The normalized spacial score (nSPS) is 21.5. The average molecular weight is 240 g/mol. The topological polar surface area (TPSA) is 42.2 Å². The van der Waals surface area contributed by atoms with Gasteiger partial charge in [0.25, 0.3) is 0 Å². The lowest BCUT2D eigenvalue weighted by atomic mass is 10.1. The number of nitrogens with two attached hydrogens (primary N) is 1. The molecule has 2 N–H and O–H groups in total. The molecular weight excluding hydrogens is 222 g/mol. The van der Waals surface area contributed by atoms with Crippen LogP contribution in [-0.2, 0) is 6.54 Å². The number of aromatic nitrogens is 1. The molecule has 1 fully saturated rings. The number of rotatable bonds is 3. The van der Waals surface area contributed by atoms with Crippen molar-refractivity contribution in [3.63, 3.8) is 0 Å². The number of likely N-dealkylation sites (tertiary alicyclic amines) is 1. The minimum absolute atomic E-state index is 0.548. The average Bonchev–Trinajstić information content (AvgIpc) is 2.71. The molecule has 1 aromatic heterocycles. The van der Waals surface area contributed by atoms with Gasteiger partial charge < -0.3 is 5.73 Å². The first-order valence-corrected chi connectivity index (χ1v) is 6.23. The zero-order valence-corrected chi connectivity index (χ0v) is 10.4. The van der Waals surface area contributed by atoms with Crippen LogP contribution in [0, 0.1) is 0 Å². The van der Waals surface area contributed by atoms with Gasteiger partial charge in [0.2, 0.25) is 0 Å². The SMILES string of the molecule is CCC1CCCN1Cc1nc(N)ccc1Cl. The van der Waals surface area contributed by atoms with Crippen LogP contribution in [-0.4, -0.2) is 22.5 Å². The quantitative estimate of drug-likeness (QED) is 0.882. The van der Waals surface area contributed by atoms with Crippen LogP contribution in [0.15, 0.2) is 12.1 Å². The fourth-order valence-electron chi connectivity index (χ4n) is 2.37. The van der Waals surface area contributed by atoms with Crippen LogP contribution in [0.25, 0.3) is 0 Å². The standard InChI is InChI=1S/C12H18ClN3/c1-2-9-4-3-7-16(9)8-11-10(13)5-6-12(14)15-11/h5-6,9H,2-4,7-8H2,1H3,(H2,14,15). The Bertz CT molecular complexity index is 367. The van der Waals surface area contributed by atoms with E-state index in [9.17, 15) is 0 Å². The van der Waals surface area contributed by atoms with Gasteiger partial charge in [0, 0.05) is 12.6 Å². The second-order valence-corrected chi connectivity index (χ2v) is 4.75. The van der Waals surface area contributed by atoms with E-state index >= 15 is 0 Å². The number of anilines is 1. The van der Waals surface area contributed by atoms with Crippen LogP contribution in [0.3, 0.4) is 0 Å². The molecule has 4 heteroatoms. The molecule has 1 aromatic rings. The molecule has 16 heavy (non-hydrogen) atoms. The van der Waals surface area contributed by atoms with Crippen molar-refractivity contribution in [3.8, 4) is 0 Å². The smallest absolute Gasteiger partial charge is 0.123 e. The summed E-state index contributed by atoms with van der Waals surface area (Å²) in [5.41, 5.74) is 6.59. The molecule has 0 bridgehead atoms. The molecule has 3 nitrogen and oxygen atoms in total. The van der Waals surface area contributed by atoms with Gasteiger partial charge in [-0.2, -0.15) is 0 Å². The summed E-state index contributed by atoms with van der Waals surface area (Å²) in [6.45, 7) is 4.20. The number of nitrogens with zero attached hydrogens (tertiary/aromatic N) is 2. The molecule has 1 saturated heterocycles. The van der Waals surface area contributed by atoms with Crippen molar-refractivity contribution >= 4 is 17.4 Å². The fraction of sp³-hybridized carbons (Fsp3) is 0.583. The van der Waals surface area contributed by atoms with Gasteiger partial charge in [0.15, 0.2) is 0 Å². The summed E-state index contributed by atoms with van der Waals surface area (Å²) in [5, 5.41) is 0.718. The third kappa shape index (κ3) is 2.47. The van der Waals surface area contributed by atoms with Crippen LogP contribution in [0.4, 0.5) is 5.82 Å². The van der Waals surface area contributed by atoms with E-state index < -0.39 is 0 Å². The maximum absolute atomic E-state index is 6.12. The summed E-state index contributed by atoms with van der Waals surface area (Å²) in [6.07, 6.45) is 3.76. The van der Waals surface area contributed by atoms with Gasteiger partial charge in [-0.3, -0.25) is 4.90 Å². The van der Waals surface area contributed by atoms with Gasteiger partial charge in [0.1, 0.15) is 5.82 Å². The Morgan fingerprint density at radius 3 is 3.12 bits per heavy atom. The summed E-state index contributed by atoms with van der Waals surface area (Å²) in [5.74, 6) is 0.548. The number of halogens is 1. The van der Waals surface area contributed by atoms with Crippen LogP contribution in [0.5, 0.6) is 0 Å². The second-order valence-electron chi connectivity index (χ2n) is 4.34. The summed E-state index contributed by atoms with van der Waals surface area (Å²) in [6, 6.07) is 4.25. The Balaban J connectivity index is 2.11. The van der Waals surface area contributed by atoms with Crippen molar-refractivity contribution in [1.82, 2.24) is 9.88 Å². The Hall–Kier alpha value is -0.800. The first-order valence-electron chi connectivity index (χ1n) is 5.85. The second kappa shape index (κ2) is 5.02. The van der Waals surface area contributed by atoms with Crippen LogP contribution in [0.2, 0.25) is 5.02 Å². The Kier molecular flexibility index (Phi) is 3.66. The largest absolute Gasteiger partial charge is 0.384 e. The van der Waals surface area contributed by atoms with Gasteiger partial charge in [-0.15, -0.1) is 0 Å². The van der Waals surface area contributed by atoms with Crippen molar-refractivity contribution in [1.29, 1.82) is 0 Å². The molecule has 1 unspecified atom stereocenters. The van der Waals surface area contributed by atoms with E-state index in [4.69, 9.17) is 17.3 Å². The lowest BCUT2D eigenvalue weighted by Crippen LogP contribution is -2.28. The highest BCUT2D eigenvalue weighted by atomic mass is 35.5. The molecule has 0 radical (unpaired) electrons. The number of pyridine rings is 1. The Labute approximate surface area is 102 Å². The fourth-order valence-corrected chi connectivity index (χ4v) is 2.54. The molecule has 0 amide bonds. The van der Waals surface area contributed by atoms with E-state index in [0.717, 1.165) is 23.8 Å². The summed E-state index contributed by atoms with van der Waals surface area (Å²) >= 11 is 6.12. The van der Waals surface area contributed by atoms with Crippen molar-refractivity contribution < 1.29 is 0 Å². The van der Waals surface area contributed by atoms with Gasteiger partial charge in [-0.05, 0) is 37.9 Å². The van der Waals surface area contributed by atoms with E-state index in [1.54, 1.807) is 6.07 Å². The van der Waals surface area contributed by atoms with Crippen LogP contribution >= 0.6 is 11.6 Å². The van der Waals surface area contributed by atoms with E-state index in [2.05, 4.69) is 16.8 Å². The van der Waals surface area contributed by atoms with Crippen molar-refractivity contribution in [2.45, 2.75) is 38.8 Å². The third-order valence-corrected chi connectivity index (χ3v) is 3.61. The number of nitrogen functional groups attached to an aromatic ring is 1. The molecule has 0 aliphatic carbocycles. The zero-order chi connectivity index (χ0) is 11.5. The van der Waals surface area contributed by atoms with E-state index in [1.807, 2.05) is 6.07 Å². The highest BCUT2D eigenvalue weighted by Crippen LogP contribution is 2.24. The number of hydrogen-bond acceptors (Lipinski definition) is 3. The maximum atomic E-state index is 6.12. The van der Waals surface area contributed by atoms with Gasteiger partial charge in [-0.1, -0.05) is 18.5 Å². The van der Waals surface area contributed by atoms with Gasteiger partial charge in [0.05, 0.1) is 10.7 Å². The summed E-state index contributed by atoms with van der Waals surface area (Å²) < 4.78 is 0. The minimum Gasteiger partial charge on any atom is -0.384 e. The molecule has 1 aliphatic rings. The highest BCUT2D eigenvalue weighted by molar-refractivity contribution is 6.31. The van der Waals surface area contributed by atoms with E-state index in [1.165, 1.54) is 19.3 Å². The van der Waals surface area contributed by atoms with Crippen LogP contribution in [0.1, 0.15) is 31.9 Å². The molecule has 2 rings (SSSR count). The van der Waals surface area contributed by atoms with Gasteiger partial charge >= 0.3 is 0 Å². The lowest BCUT2D eigenvalue weighted by molar-refractivity contribution is 0.237. The molecule has 88 valence electrons. The summed E-state index contributed by atoms with van der Waals surface area (Å²) in [7, 11) is 0. The maximum Gasteiger partial charge on any atom is 0.123 e. The first kappa shape index (κ1) is 11.7. The first-order chi connectivity index (χ1) is 7.70. The Morgan fingerprint density at radius 2 is 2.38 bits per heavy atom. The monoisotopic (exact) mass is 239 g/mol. The van der Waals surface area contributed by atoms with E-state index in [-0.39, 0.29) is 0 Å². The molecule has 2 heterocycles. The predicted molar refractivity (Wildman–Crippen MR) is 67.4 cm³/mol. The molecule has 0 aromatic carbocycles. The predicted octanol–water partition coefficient (Wildman–Crippen LogP) is 2.69. The molecule has 1 atom stereocenters. The van der Waals surface area contributed by atoms with Crippen LogP contribution < -0.4 is 5.73 Å². The molecule has 0 saturated carbocycles. The molecule has 0 spiro atoms. The minimum atomic E-state index is 0.548. The highest BCUT2D eigenvalue weighted by Gasteiger charge is 2.23. The summed E-state index contributed by atoms with van der Waals surface area (Å²) in [4.78, 5) is 6.76. The van der Waals surface area contributed by atoms with Gasteiger partial charge in [-0.25, -0.2) is 4.98 Å². The zero-order valence-electron chi connectivity index (χ0n) is 9.62. The Morgan fingerprint density at radius 1 is 1.56 bits per heavy atom. The molecular formula is C12H18ClN3. The third-order valence-electron chi connectivity index (χ3n) is 3.26. The molecule has 1 aliphatic heterocycles. The lowest BCUT2D eigenvalue weighted by Gasteiger charge is -2.23. The number of hydrogen-bond donors (Lipinski definition) is 1. The van der Waals surface area contributed by atoms with Crippen molar-refractivity contribution in [2.24, 2.45) is 0 Å². The van der Waals surface area contributed by atoms with Crippen molar-refractivity contribution in [3.05, 3.63) is 22.8 Å². The van der Waals surface area contributed by atoms with E-state index in [0.29, 0.717) is 11.9 Å². The van der Waals surface area contributed by atoms with Crippen molar-refractivity contribution in [2.75, 3.05) is 12.3 Å².